The Morgan fingerprint density at radius 2 is 1.00 bits per heavy atom. The molecule has 0 radical (unpaired) electrons. The third-order valence-electron chi connectivity index (χ3n) is 8.87. The summed E-state index contributed by atoms with van der Waals surface area (Å²) in [5, 5.41) is 4.28. The molecule has 0 aliphatic heterocycles. The van der Waals surface area contributed by atoms with Crippen LogP contribution in [0.1, 0.15) is 0 Å². The van der Waals surface area contributed by atoms with E-state index in [0.29, 0.717) is 49.2 Å². The topological polar surface area (TPSA) is 75.1 Å². The first-order valence-electron chi connectivity index (χ1n) is 16.6. The van der Waals surface area contributed by atoms with E-state index in [-0.39, 0.29) is 22.8 Å². The van der Waals surface area contributed by atoms with Crippen molar-refractivity contribution in [1.82, 2.24) is 19.9 Å². The lowest BCUT2D eigenvalue weighted by molar-refractivity contribution is 0.617. The van der Waals surface area contributed by atoms with Gasteiger partial charge in [0.1, 0.15) is 22.8 Å². The molecule has 0 saturated carbocycles. The van der Waals surface area contributed by atoms with Crippen molar-refractivity contribution in [2.75, 3.05) is 22.5 Å². The highest BCUT2D eigenvalue weighted by molar-refractivity contribution is 7.98. The number of para-hydroxylation sites is 2. The van der Waals surface area contributed by atoms with Crippen molar-refractivity contribution in [3.05, 3.63) is 158 Å². The third kappa shape index (κ3) is 6.17. The molecule has 11 heteroatoms. The minimum absolute atomic E-state index is 0.00730. The lowest BCUT2D eigenvalue weighted by atomic mass is 10.0. The molecule has 8 aromatic rings. The summed E-state index contributed by atoms with van der Waals surface area (Å²) >= 11 is 1.50. The van der Waals surface area contributed by atoms with E-state index in [2.05, 4.69) is 9.97 Å². The standard InChI is InChI=1S/C42H30F2N6OS2/c1-52-35-17-9-5-13-31(35)39-37(43)41(29-11-3-7-15-33(29)47-39)49(27-19-23-45-24-20-27)50(28-21-25-46-26-22-28)42-30-12-4-8-16-34(30)48-40(38(42)44)32-14-6-10-18-36(32)53(2)51/h3-26H,1-2H3. The molecule has 0 amide bonds. The molecule has 0 saturated heterocycles. The number of aromatic nitrogens is 4. The van der Waals surface area contributed by atoms with Crippen LogP contribution in [0.25, 0.3) is 44.3 Å². The Hall–Kier alpha value is -6.04. The number of nitrogens with zero attached hydrogens (tertiary/aromatic N) is 6. The number of hydrogen-bond donors (Lipinski definition) is 0. The Morgan fingerprint density at radius 3 is 1.51 bits per heavy atom. The fourth-order valence-corrected chi connectivity index (χ4v) is 7.87. The van der Waals surface area contributed by atoms with Crippen molar-refractivity contribution in [3.8, 4) is 22.5 Å². The van der Waals surface area contributed by atoms with Gasteiger partial charge in [-0.2, -0.15) is 0 Å². The van der Waals surface area contributed by atoms with E-state index in [1.165, 1.54) is 11.8 Å². The number of rotatable bonds is 9. The Labute approximate surface area is 311 Å². The van der Waals surface area contributed by atoms with E-state index in [1.807, 2.05) is 66.9 Å². The van der Waals surface area contributed by atoms with E-state index in [9.17, 15) is 4.21 Å². The van der Waals surface area contributed by atoms with Gasteiger partial charge < -0.3 is 0 Å². The summed E-state index contributed by atoms with van der Waals surface area (Å²) in [5.41, 5.74) is 3.41. The number of halogens is 2. The van der Waals surface area contributed by atoms with Gasteiger partial charge in [0, 0.05) is 62.7 Å². The number of benzene rings is 4. The SMILES string of the molecule is CSc1ccccc1-c1nc2ccccc2c(N(c2ccncc2)N(c2ccncc2)c2c(F)c(-c3ccccc3S(C)=O)nc3ccccc23)c1F. The van der Waals surface area contributed by atoms with Crippen LogP contribution in [0.5, 0.6) is 0 Å². The van der Waals surface area contributed by atoms with Crippen LogP contribution in [0, 0.1) is 11.6 Å². The van der Waals surface area contributed by atoms with Crippen LogP contribution in [0.3, 0.4) is 0 Å². The van der Waals surface area contributed by atoms with E-state index in [0.717, 1.165) is 4.90 Å². The molecule has 0 bridgehead atoms. The average molecular weight is 737 g/mol. The summed E-state index contributed by atoms with van der Waals surface area (Å²) in [6.07, 6.45) is 9.92. The molecule has 0 aliphatic rings. The summed E-state index contributed by atoms with van der Waals surface area (Å²) in [7, 11) is -1.45. The molecule has 4 aromatic heterocycles. The zero-order valence-electron chi connectivity index (χ0n) is 28.5. The van der Waals surface area contributed by atoms with Crippen LogP contribution in [0.4, 0.5) is 31.5 Å². The van der Waals surface area contributed by atoms with Gasteiger partial charge in [-0.05, 0) is 54.8 Å². The van der Waals surface area contributed by atoms with Crippen molar-refractivity contribution in [2.45, 2.75) is 9.79 Å². The predicted octanol–water partition coefficient (Wildman–Crippen LogP) is 10.5. The molecule has 4 heterocycles. The molecule has 7 nitrogen and oxygen atoms in total. The molecule has 8 rings (SSSR count). The van der Waals surface area contributed by atoms with Crippen LogP contribution in [0.15, 0.2) is 156 Å². The van der Waals surface area contributed by atoms with Gasteiger partial charge in [0.2, 0.25) is 0 Å². The number of pyridine rings is 4. The minimum Gasteiger partial charge on any atom is -0.265 e. The fraction of sp³-hybridized carbons (Fsp3) is 0.0476. The van der Waals surface area contributed by atoms with Crippen LogP contribution in [-0.4, -0.2) is 36.7 Å². The maximum absolute atomic E-state index is 17.9. The van der Waals surface area contributed by atoms with Gasteiger partial charge >= 0.3 is 0 Å². The first kappa shape index (κ1) is 34.1. The third-order valence-corrected chi connectivity index (χ3v) is 10.6. The van der Waals surface area contributed by atoms with Gasteiger partial charge in [-0.25, -0.2) is 28.8 Å². The monoisotopic (exact) mass is 736 g/mol. The highest BCUT2D eigenvalue weighted by atomic mass is 32.2. The van der Waals surface area contributed by atoms with Crippen molar-refractivity contribution in [3.63, 3.8) is 0 Å². The second kappa shape index (κ2) is 14.5. The molecule has 260 valence electrons. The van der Waals surface area contributed by atoms with Crippen LogP contribution in [-0.2, 0) is 10.8 Å². The van der Waals surface area contributed by atoms with Crippen LogP contribution < -0.4 is 10.0 Å². The quantitative estimate of drug-likeness (QED) is 0.107. The summed E-state index contributed by atoms with van der Waals surface area (Å²) in [6.45, 7) is 0. The highest BCUT2D eigenvalue weighted by Crippen LogP contribution is 2.47. The summed E-state index contributed by atoms with van der Waals surface area (Å²) in [6, 6.07) is 36.0. The number of anilines is 4. The van der Waals surface area contributed by atoms with Gasteiger partial charge in [0.05, 0.1) is 33.2 Å². The summed E-state index contributed by atoms with van der Waals surface area (Å²) in [5.74, 6) is -1.30. The first-order chi connectivity index (χ1) is 26.0. The molecular formula is C42H30F2N6OS2. The lowest BCUT2D eigenvalue weighted by Gasteiger charge is -2.39. The molecule has 0 fully saturated rings. The minimum atomic E-state index is -1.45. The van der Waals surface area contributed by atoms with Crippen LogP contribution in [0.2, 0.25) is 0 Å². The number of thioether (sulfide) groups is 1. The van der Waals surface area contributed by atoms with Gasteiger partial charge in [0.25, 0.3) is 0 Å². The first-order valence-corrected chi connectivity index (χ1v) is 19.4. The number of hydrazine groups is 1. The van der Waals surface area contributed by atoms with E-state index in [1.54, 1.807) is 102 Å². The number of hydrogen-bond acceptors (Lipinski definition) is 8. The molecule has 53 heavy (non-hydrogen) atoms. The molecule has 1 atom stereocenters. The summed E-state index contributed by atoms with van der Waals surface area (Å²) < 4.78 is 48.8. The Balaban J connectivity index is 1.53. The molecule has 4 aromatic carbocycles. The maximum Gasteiger partial charge on any atom is 0.175 e. The Morgan fingerprint density at radius 1 is 0.566 bits per heavy atom. The summed E-state index contributed by atoms with van der Waals surface area (Å²) in [4.78, 5) is 19.5. The molecule has 0 N–H and O–H groups in total. The van der Waals surface area contributed by atoms with E-state index >= 15 is 8.78 Å². The molecular weight excluding hydrogens is 707 g/mol. The Kier molecular flexibility index (Phi) is 9.34. The molecule has 0 aliphatic carbocycles. The zero-order chi connectivity index (χ0) is 36.5. The normalized spacial score (nSPS) is 11.8. The average Bonchev–Trinajstić information content (AvgIpc) is 3.21. The zero-order valence-corrected chi connectivity index (χ0v) is 30.2. The van der Waals surface area contributed by atoms with Gasteiger partial charge in [-0.3, -0.25) is 14.2 Å². The van der Waals surface area contributed by atoms with Crippen LogP contribution >= 0.6 is 11.8 Å². The van der Waals surface area contributed by atoms with Crippen molar-refractivity contribution >= 4 is 67.1 Å². The van der Waals surface area contributed by atoms with Crippen molar-refractivity contribution < 1.29 is 13.0 Å². The van der Waals surface area contributed by atoms with E-state index in [4.69, 9.17) is 9.97 Å². The maximum atomic E-state index is 17.9. The predicted molar refractivity (Wildman–Crippen MR) is 211 cm³/mol. The second-order valence-electron chi connectivity index (χ2n) is 12.0. The van der Waals surface area contributed by atoms with Crippen molar-refractivity contribution in [2.24, 2.45) is 0 Å². The second-order valence-corrected chi connectivity index (χ2v) is 14.2. The molecule has 1 unspecified atom stereocenters. The van der Waals surface area contributed by atoms with Gasteiger partial charge in [-0.15, -0.1) is 11.8 Å². The smallest absolute Gasteiger partial charge is 0.175 e. The van der Waals surface area contributed by atoms with Gasteiger partial charge in [-0.1, -0.05) is 72.8 Å². The van der Waals surface area contributed by atoms with Gasteiger partial charge in [0.15, 0.2) is 11.6 Å². The highest BCUT2D eigenvalue weighted by Gasteiger charge is 2.33. The van der Waals surface area contributed by atoms with E-state index < -0.39 is 22.4 Å². The fourth-order valence-electron chi connectivity index (χ4n) is 6.53. The lowest BCUT2D eigenvalue weighted by Crippen LogP contribution is -2.37. The Bertz CT molecular complexity index is 2650. The van der Waals surface area contributed by atoms with Crippen molar-refractivity contribution in [1.29, 1.82) is 0 Å². The molecule has 0 spiro atoms. The number of fused-ring (bicyclic) bond motifs is 2. The largest absolute Gasteiger partial charge is 0.265 e.